The quantitative estimate of drug-likeness (QED) is 0.826. The van der Waals surface area contributed by atoms with Crippen LogP contribution in [0, 0.1) is 5.82 Å². The van der Waals surface area contributed by atoms with Crippen molar-refractivity contribution in [2.24, 2.45) is 0 Å². The maximum absolute atomic E-state index is 13.1. The normalized spacial score (nSPS) is 11.8. The first kappa shape index (κ1) is 15.3. The van der Waals surface area contributed by atoms with E-state index in [1.54, 1.807) is 31.2 Å². The van der Waals surface area contributed by atoms with Crippen LogP contribution in [0.25, 0.3) is 0 Å². The van der Waals surface area contributed by atoms with E-state index in [-0.39, 0.29) is 16.2 Å². The summed E-state index contributed by atoms with van der Waals surface area (Å²) in [6.07, 6.45) is -0.722. The third kappa shape index (κ3) is 4.19. The number of hydrogen-bond donors (Lipinski definition) is 2. The molecule has 0 fully saturated rings. The molecule has 2 aromatic carbocycles. The van der Waals surface area contributed by atoms with Crippen LogP contribution in [-0.2, 0) is 4.79 Å². The minimum absolute atomic E-state index is 0.283. The highest BCUT2D eigenvalue weighted by molar-refractivity contribution is 9.10. The Morgan fingerprint density at radius 3 is 2.57 bits per heavy atom. The summed E-state index contributed by atoms with van der Waals surface area (Å²) in [4.78, 5) is 12.0. The van der Waals surface area contributed by atoms with Gasteiger partial charge in [0.05, 0.1) is 4.47 Å². The molecule has 0 aliphatic carbocycles. The average molecular weight is 353 g/mol. The summed E-state index contributed by atoms with van der Waals surface area (Å²) in [6.45, 7) is 1.61. The van der Waals surface area contributed by atoms with E-state index >= 15 is 0 Å². The van der Waals surface area contributed by atoms with Crippen molar-refractivity contribution in [1.29, 1.82) is 0 Å². The zero-order chi connectivity index (χ0) is 15.4. The number of rotatable bonds is 4. The molecule has 0 aromatic heterocycles. The lowest BCUT2D eigenvalue weighted by Crippen LogP contribution is -2.30. The topological polar surface area (TPSA) is 64.3 Å². The fraction of sp³-hybridized carbons (Fsp3) is 0.133. The van der Waals surface area contributed by atoms with E-state index in [0.29, 0.717) is 17.1 Å². The van der Waals surface area contributed by atoms with Crippen molar-refractivity contribution in [2.45, 2.75) is 13.0 Å². The molecular weight excluding hydrogens is 339 g/mol. The summed E-state index contributed by atoms with van der Waals surface area (Å²) in [5.74, 6) is -0.287. The first-order chi connectivity index (χ1) is 9.95. The number of ether oxygens (including phenoxy) is 1. The lowest BCUT2D eigenvalue weighted by Gasteiger charge is -2.15. The fourth-order valence-electron chi connectivity index (χ4n) is 1.62. The van der Waals surface area contributed by atoms with Gasteiger partial charge in [-0.1, -0.05) is 0 Å². The number of hydrogen-bond acceptors (Lipinski definition) is 3. The lowest BCUT2D eigenvalue weighted by molar-refractivity contribution is -0.122. The molecule has 1 atom stereocenters. The first-order valence-corrected chi connectivity index (χ1v) is 7.03. The van der Waals surface area contributed by atoms with Gasteiger partial charge in [0.1, 0.15) is 11.6 Å². The molecule has 0 bridgehead atoms. The van der Waals surface area contributed by atoms with Crippen molar-refractivity contribution < 1.29 is 13.9 Å². The number of nitrogens with one attached hydrogen (secondary N) is 1. The summed E-state index contributed by atoms with van der Waals surface area (Å²) in [7, 11) is 0. The van der Waals surface area contributed by atoms with E-state index in [0.717, 1.165) is 0 Å². The van der Waals surface area contributed by atoms with Crippen LogP contribution in [0.15, 0.2) is 46.9 Å². The zero-order valence-corrected chi connectivity index (χ0v) is 12.9. The van der Waals surface area contributed by atoms with Gasteiger partial charge >= 0.3 is 0 Å². The molecule has 1 amide bonds. The largest absolute Gasteiger partial charge is 0.481 e. The van der Waals surface area contributed by atoms with Crippen molar-refractivity contribution in [3.63, 3.8) is 0 Å². The molecule has 0 spiro atoms. The number of halogens is 2. The second-order valence-electron chi connectivity index (χ2n) is 4.45. The van der Waals surface area contributed by atoms with Gasteiger partial charge in [0.2, 0.25) is 0 Å². The van der Waals surface area contributed by atoms with Crippen molar-refractivity contribution in [1.82, 2.24) is 0 Å². The van der Waals surface area contributed by atoms with Gasteiger partial charge in [-0.2, -0.15) is 0 Å². The van der Waals surface area contributed by atoms with E-state index in [4.69, 9.17) is 10.5 Å². The number of nitrogens with two attached hydrogens (primary N) is 1. The Balaban J connectivity index is 1.98. The Hall–Kier alpha value is -2.08. The van der Waals surface area contributed by atoms with Gasteiger partial charge in [0.25, 0.3) is 5.91 Å². The van der Waals surface area contributed by atoms with Gasteiger partial charge in [-0.25, -0.2) is 4.39 Å². The van der Waals surface area contributed by atoms with Gasteiger partial charge < -0.3 is 15.8 Å². The highest BCUT2D eigenvalue weighted by Gasteiger charge is 2.15. The number of amides is 1. The smallest absolute Gasteiger partial charge is 0.265 e. The van der Waals surface area contributed by atoms with E-state index < -0.39 is 6.10 Å². The van der Waals surface area contributed by atoms with Crippen LogP contribution in [0.2, 0.25) is 0 Å². The number of nitrogen functional groups attached to an aromatic ring is 1. The Labute approximate surface area is 130 Å². The molecule has 0 saturated heterocycles. The predicted molar refractivity (Wildman–Crippen MR) is 83.7 cm³/mol. The third-order valence-corrected chi connectivity index (χ3v) is 3.36. The van der Waals surface area contributed by atoms with Gasteiger partial charge in [-0.05, 0) is 65.3 Å². The number of anilines is 2. The zero-order valence-electron chi connectivity index (χ0n) is 11.3. The van der Waals surface area contributed by atoms with E-state index in [2.05, 4.69) is 21.2 Å². The molecule has 1 unspecified atom stereocenters. The Bertz CT molecular complexity index is 647. The van der Waals surface area contributed by atoms with E-state index in [9.17, 15) is 9.18 Å². The molecule has 2 aromatic rings. The second-order valence-corrected chi connectivity index (χ2v) is 5.30. The summed E-state index contributed by atoms with van der Waals surface area (Å²) >= 11 is 3.07. The fourth-order valence-corrected chi connectivity index (χ4v) is 1.98. The summed E-state index contributed by atoms with van der Waals surface area (Å²) in [5, 5.41) is 2.71. The van der Waals surface area contributed by atoms with Crippen molar-refractivity contribution in [3.05, 3.63) is 52.8 Å². The molecule has 0 heterocycles. The molecule has 3 N–H and O–H groups in total. The minimum atomic E-state index is -0.722. The highest BCUT2D eigenvalue weighted by Crippen LogP contribution is 2.22. The van der Waals surface area contributed by atoms with Gasteiger partial charge in [-0.15, -0.1) is 0 Å². The third-order valence-electron chi connectivity index (χ3n) is 2.75. The molecule has 110 valence electrons. The van der Waals surface area contributed by atoms with Gasteiger partial charge in [0, 0.05) is 11.4 Å². The second kappa shape index (κ2) is 6.58. The molecule has 0 aliphatic heterocycles. The molecule has 0 saturated carbocycles. The van der Waals surface area contributed by atoms with Crippen molar-refractivity contribution in [2.75, 3.05) is 11.1 Å². The monoisotopic (exact) mass is 352 g/mol. The van der Waals surface area contributed by atoms with E-state index in [1.807, 2.05) is 0 Å². The van der Waals surface area contributed by atoms with E-state index in [1.165, 1.54) is 18.2 Å². The van der Waals surface area contributed by atoms with Crippen LogP contribution in [0.4, 0.5) is 15.8 Å². The van der Waals surface area contributed by atoms with Crippen LogP contribution < -0.4 is 15.8 Å². The van der Waals surface area contributed by atoms with Crippen LogP contribution >= 0.6 is 15.9 Å². The molecule has 0 aliphatic rings. The van der Waals surface area contributed by atoms with Gasteiger partial charge in [0.15, 0.2) is 6.10 Å². The summed E-state index contributed by atoms with van der Waals surface area (Å²) in [6, 6.07) is 11.0. The average Bonchev–Trinajstić information content (AvgIpc) is 2.45. The minimum Gasteiger partial charge on any atom is -0.481 e. The highest BCUT2D eigenvalue weighted by atomic mass is 79.9. The maximum Gasteiger partial charge on any atom is 0.265 e. The first-order valence-electron chi connectivity index (χ1n) is 6.24. The van der Waals surface area contributed by atoms with Crippen molar-refractivity contribution in [3.8, 4) is 5.75 Å². The number of benzene rings is 2. The maximum atomic E-state index is 13.1. The van der Waals surface area contributed by atoms with Crippen LogP contribution in [0.5, 0.6) is 5.75 Å². The standard InChI is InChI=1S/C15H14BrFN2O2/c1-9(21-12-6-7-14(17)13(16)8-12)15(20)19-11-4-2-10(18)3-5-11/h2-9H,18H2,1H3,(H,19,20). The molecule has 21 heavy (non-hydrogen) atoms. The number of carbonyl (C=O) groups excluding carboxylic acids is 1. The van der Waals surface area contributed by atoms with Crippen molar-refractivity contribution >= 4 is 33.2 Å². The van der Waals surface area contributed by atoms with Crippen LogP contribution in [0.3, 0.4) is 0 Å². The Morgan fingerprint density at radius 2 is 1.95 bits per heavy atom. The molecule has 2 rings (SSSR count). The molecule has 4 nitrogen and oxygen atoms in total. The van der Waals surface area contributed by atoms with Gasteiger partial charge in [-0.3, -0.25) is 4.79 Å². The Kier molecular flexibility index (Phi) is 4.80. The van der Waals surface area contributed by atoms with Crippen LogP contribution in [-0.4, -0.2) is 12.0 Å². The van der Waals surface area contributed by atoms with Crippen LogP contribution in [0.1, 0.15) is 6.92 Å². The summed E-state index contributed by atoms with van der Waals surface area (Å²) < 4.78 is 18.9. The Morgan fingerprint density at radius 1 is 1.29 bits per heavy atom. The lowest BCUT2D eigenvalue weighted by atomic mass is 10.2. The molecule has 0 radical (unpaired) electrons. The summed E-state index contributed by atoms with van der Waals surface area (Å²) in [5.41, 5.74) is 6.82. The molecular formula is C15H14BrFN2O2. The SMILES string of the molecule is CC(Oc1ccc(F)c(Br)c1)C(=O)Nc1ccc(N)cc1. The predicted octanol–water partition coefficient (Wildman–Crippen LogP) is 3.58. The number of carbonyl (C=O) groups is 1. The molecule has 6 heteroatoms.